The third-order valence-corrected chi connectivity index (χ3v) is 6.64. The van der Waals surface area contributed by atoms with E-state index in [2.05, 4.69) is 65.4 Å². The van der Waals surface area contributed by atoms with Gasteiger partial charge in [0.1, 0.15) is 0 Å². The Bertz CT molecular complexity index is 600. The maximum absolute atomic E-state index is 3.74. The molecule has 21 heavy (non-hydrogen) atoms. The van der Waals surface area contributed by atoms with Gasteiger partial charge in [-0.25, -0.2) is 0 Å². The first-order valence-corrected chi connectivity index (χ1v) is 9.38. The molecule has 2 aromatic rings. The largest absolute Gasteiger partial charge is 0.309 e. The van der Waals surface area contributed by atoms with Crippen molar-refractivity contribution in [2.24, 2.45) is 0 Å². The van der Waals surface area contributed by atoms with Crippen molar-refractivity contribution in [1.29, 1.82) is 0 Å². The number of halogens is 1. The Hall–Kier alpha value is -0.640. The summed E-state index contributed by atoms with van der Waals surface area (Å²) in [6.07, 6.45) is 3.82. The molecular formula is C18H22BrNS. The van der Waals surface area contributed by atoms with Crippen LogP contribution in [-0.4, -0.2) is 6.54 Å². The topological polar surface area (TPSA) is 12.0 Å². The Kier molecular flexibility index (Phi) is 4.82. The molecule has 3 rings (SSSR count). The van der Waals surface area contributed by atoms with E-state index in [0.29, 0.717) is 12.0 Å². The van der Waals surface area contributed by atoms with E-state index in [-0.39, 0.29) is 0 Å². The molecule has 0 amide bonds. The number of hydrogen-bond donors (Lipinski definition) is 1. The van der Waals surface area contributed by atoms with Gasteiger partial charge in [-0.3, -0.25) is 0 Å². The SMILES string of the molecule is CCNC(c1cc(C)c(Br)s1)C1CCCc2ccccc21. The molecule has 0 bridgehead atoms. The van der Waals surface area contributed by atoms with Gasteiger partial charge in [-0.15, -0.1) is 11.3 Å². The first-order chi connectivity index (χ1) is 10.2. The second-order valence-corrected chi connectivity index (χ2v) is 8.24. The van der Waals surface area contributed by atoms with Gasteiger partial charge in [0.15, 0.2) is 0 Å². The van der Waals surface area contributed by atoms with Crippen LogP contribution in [0.4, 0.5) is 0 Å². The molecule has 1 N–H and O–H groups in total. The molecule has 2 unspecified atom stereocenters. The molecule has 112 valence electrons. The third-order valence-electron chi connectivity index (χ3n) is 4.42. The fourth-order valence-corrected chi connectivity index (χ4v) is 5.15. The lowest BCUT2D eigenvalue weighted by atomic mass is 9.78. The highest BCUT2D eigenvalue weighted by Crippen LogP contribution is 2.43. The smallest absolute Gasteiger partial charge is 0.0731 e. The zero-order chi connectivity index (χ0) is 14.8. The number of hydrogen-bond acceptors (Lipinski definition) is 2. The molecule has 0 radical (unpaired) electrons. The second kappa shape index (κ2) is 6.64. The molecule has 1 nitrogen and oxygen atoms in total. The van der Waals surface area contributed by atoms with Crippen LogP contribution in [0.5, 0.6) is 0 Å². The maximum atomic E-state index is 3.74. The van der Waals surface area contributed by atoms with Crippen molar-refractivity contribution >= 4 is 27.3 Å². The van der Waals surface area contributed by atoms with Crippen molar-refractivity contribution < 1.29 is 0 Å². The maximum Gasteiger partial charge on any atom is 0.0731 e. The normalized spacial score (nSPS) is 19.3. The Morgan fingerprint density at radius 2 is 2.19 bits per heavy atom. The van der Waals surface area contributed by atoms with Crippen LogP contribution in [0.1, 0.15) is 53.3 Å². The van der Waals surface area contributed by atoms with Gasteiger partial charge in [0, 0.05) is 16.8 Å². The van der Waals surface area contributed by atoms with Crippen molar-refractivity contribution in [2.75, 3.05) is 6.54 Å². The minimum absolute atomic E-state index is 0.437. The predicted molar refractivity (Wildman–Crippen MR) is 95.3 cm³/mol. The average Bonchev–Trinajstić information content (AvgIpc) is 2.84. The summed E-state index contributed by atoms with van der Waals surface area (Å²) in [5.74, 6) is 0.597. The molecule has 1 aromatic carbocycles. The first-order valence-electron chi connectivity index (χ1n) is 7.77. The van der Waals surface area contributed by atoms with E-state index in [1.165, 1.54) is 33.5 Å². The van der Waals surface area contributed by atoms with Crippen LogP contribution in [0.25, 0.3) is 0 Å². The van der Waals surface area contributed by atoms with Crippen LogP contribution in [0.2, 0.25) is 0 Å². The fourth-order valence-electron chi connectivity index (χ4n) is 3.44. The summed E-state index contributed by atoms with van der Waals surface area (Å²) >= 11 is 5.57. The molecule has 0 aliphatic heterocycles. The Morgan fingerprint density at radius 1 is 1.38 bits per heavy atom. The summed E-state index contributed by atoms with van der Waals surface area (Å²) in [5, 5.41) is 3.74. The summed E-state index contributed by atoms with van der Waals surface area (Å²) < 4.78 is 1.27. The quantitative estimate of drug-likeness (QED) is 0.746. The average molecular weight is 364 g/mol. The molecular weight excluding hydrogens is 342 g/mol. The molecule has 0 saturated heterocycles. The number of aryl methyl sites for hydroxylation is 2. The van der Waals surface area contributed by atoms with Gasteiger partial charge < -0.3 is 5.32 Å². The van der Waals surface area contributed by atoms with Gasteiger partial charge in [-0.05, 0) is 71.4 Å². The van der Waals surface area contributed by atoms with E-state index in [9.17, 15) is 0 Å². The Balaban J connectivity index is 1.98. The molecule has 3 heteroatoms. The number of thiophene rings is 1. The molecule has 0 fully saturated rings. The highest BCUT2D eigenvalue weighted by Gasteiger charge is 2.29. The molecule has 1 aliphatic rings. The number of benzene rings is 1. The monoisotopic (exact) mass is 363 g/mol. The second-order valence-electron chi connectivity index (χ2n) is 5.84. The van der Waals surface area contributed by atoms with E-state index in [1.807, 2.05) is 11.3 Å². The van der Waals surface area contributed by atoms with Gasteiger partial charge in [0.25, 0.3) is 0 Å². The van der Waals surface area contributed by atoms with Crippen LogP contribution < -0.4 is 5.32 Å². The van der Waals surface area contributed by atoms with E-state index < -0.39 is 0 Å². The van der Waals surface area contributed by atoms with E-state index in [4.69, 9.17) is 0 Å². The number of rotatable bonds is 4. The number of fused-ring (bicyclic) bond motifs is 1. The van der Waals surface area contributed by atoms with Gasteiger partial charge >= 0.3 is 0 Å². The number of nitrogens with one attached hydrogen (secondary N) is 1. The summed E-state index contributed by atoms with van der Waals surface area (Å²) in [7, 11) is 0. The predicted octanol–water partition coefficient (Wildman–Crippen LogP) is 5.59. The Labute approximate surface area is 139 Å². The van der Waals surface area contributed by atoms with Crippen molar-refractivity contribution in [3.05, 3.63) is 55.7 Å². The molecule has 1 heterocycles. The minimum Gasteiger partial charge on any atom is -0.309 e. The first kappa shape index (κ1) is 15.3. The highest BCUT2D eigenvalue weighted by molar-refractivity contribution is 9.11. The van der Waals surface area contributed by atoms with Crippen molar-refractivity contribution in [3.8, 4) is 0 Å². The van der Waals surface area contributed by atoms with Crippen LogP contribution in [-0.2, 0) is 6.42 Å². The van der Waals surface area contributed by atoms with Crippen molar-refractivity contribution in [2.45, 2.75) is 45.1 Å². The number of likely N-dealkylation sites (N-methyl/N-ethyl adjacent to an activating group) is 1. The van der Waals surface area contributed by atoms with Crippen molar-refractivity contribution in [1.82, 2.24) is 5.32 Å². The van der Waals surface area contributed by atoms with Gasteiger partial charge in [0.2, 0.25) is 0 Å². The lowest BCUT2D eigenvalue weighted by Gasteiger charge is -2.32. The standard InChI is InChI=1S/C18H22BrNS/c1-3-20-17(16-11-12(2)18(19)21-16)15-10-6-8-13-7-4-5-9-14(13)15/h4-5,7,9,11,15,17,20H,3,6,8,10H2,1-2H3. The van der Waals surface area contributed by atoms with Gasteiger partial charge in [0.05, 0.1) is 3.79 Å². The van der Waals surface area contributed by atoms with Gasteiger partial charge in [-0.2, -0.15) is 0 Å². The zero-order valence-electron chi connectivity index (χ0n) is 12.7. The lowest BCUT2D eigenvalue weighted by molar-refractivity contribution is 0.413. The summed E-state index contributed by atoms with van der Waals surface area (Å²) in [6, 6.07) is 11.8. The fraction of sp³-hybridized carbons (Fsp3) is 0.444. The van der Waals surface area contributed by atoms with Crippen LogP contribution in [0.3, 0.4) is 0 Å². The van der Waals surface area contributed by atoms with Crippen LogP contribution in [0.15, 0.2) is 34.1 Å². The van der Waals surface area contributed by atoms with Crippen LogP contribution in [0, 0.1) is 6.92 Å². The molecule has 2 atom stereocenters. The third kappa shape index (κ3) is 3.10. The highest BCUT2D eigenvalue weighted by atomic mass is 79.9. The summed E-state index contributed by atoms with van der Waals surface area (Å²) in [6.45, 7) is 5.40. The van der Waals surface area contributed by atoms with Gasteiger partial charge in [-0.1, -0.05) is 31.2 Å². The van der Waals surface area contributed by atoms with Crippen molar-refractivity contribution in [3.63, 3.8) is 0 Å². The van der Waals surface area contributed by atoms with E-state index >= 15 is 0 Å². The zero-order valence-corrected chi connectivity index (χ0v) is 15.1. The lowest BCUT2D eigenvalue weighted by Crippen LogP contribution is -2.28. The summed E-state index contributed by atoms with van der Waals surface area (Å²) in [4.78, 5) is 1.46. The van der Waals surface area contributed by atoms with E-state index in [0.717, 1.165) is 6.54 Å². The molecule has 0 spiro atoms. The van der Waals surface area contributed by atoms with E-state index in [1.54, 1.807) is 11.1 Å². The molecule has 1 aliphatic carbocycles. The summed E-state index contributed by atoms with van der Waals surface area (Å²) in [5.41, 5.74) is 4.45. The van der Waals surface area contributed by atoms with Crippen LogP contribution >= 0.6 is 27.3 Å². The minimum atomic E-state index is 0.437. The molecule has 1 aromatic heterocycles. The molecule has 0 saturated carbocycles. The Morgan fingerprint density at radius 3 is 2.90 bits per heavy atom.